The van der Waals surface area contributed by atoms with Gasteiger partial charge in [-0.3, -0.25) is 0 Å². The summed E-state index contributed by atoms with van der Waals surface area (Å²) in [5, 5.41) is 0.205. The Balaban J connectivity index is 2.78. The van der Waals surface area contributed by atoms with Crippen molar-refractivity contribution >= 4 is 27.5 Å². The van der Waals surface area contributed by atoms with Crippen molar-refractivity contribution in [3.05, 3.63) is 34.3 Å². The Kier molecular flexibility index (Phi) is 4.46. The third kappa shape index (κ3) is 2.99. The van der Waals surface area contributed by atoms with Crippen molar-refractivity contribution < 1.29 is 0 Å². The van der Waals surface area contributed by atoms with Gasteiger partial charge in [0.25, 0.3) is 0 Å². The van der Waals surface area contributed by atoms with Gasteiger partial charge in [-0.1, -0.05) is 48.8 Å². The van der Waals surface area contributed by atoms with E-state index in [-0.39, 0.29) is 5.38 Å². The van der Waals surface area contributed by atoms with E-state index in [1.54, 1.807) is 0 Å². The molecule has 1 aromatic carbocycles. The van der Waals surface area contributed by atoms with Crippen molar-refractivity contribution in [2.45, 2.75) is 32.1 Å². The van der Waals surface area contributed by atoms with Gasteiger partial charge in [0, 0.05) is 9.85 Å². The summed E-state index contributed by atoms with van der Waals surface area (Å²) in [6.07, 6.45) is 0. The van der Waals surface area contributed by atoms with Crippen molar-refractivity contribution in [1.29, 1.82) is 0 Å². The summed E-state index contributed by atoms with van der Waals surface area (Å²) in [5.41, 5.74) is 1.31. The Morgan fingerprint density at radius 3 is 2.00 bits per heavy atom. The average molecular weight is 276 g/mol. The van der Waals surface area contributed by atoms with E-state index in [0.29, 0.717) is 11.8 Å². The quantitative estimate of drug-likeness (QED) is 0.694. The van der Waals surface area contributed by atoms with E-state index in [2.05, 4.69) is 61.0 Å². The summed E-state index contributed by atoms with van der Waals surface area (Å²) in [6, 6.07) is 8.39. The van der Waals surface area contributed by atoms with Gasteiger partial charge in [0.05, 0.1) is 0 Å². The minimum absolute atomic E-state index is 0.205. The topological polar surface area (TPSA) is 0 Å². The second-order valence-electron chi connectivity index (χ2n) is 4.03. The first-order chi connectivity index (χ1) is 6.52. The Morgan fingerprint density at radius 1 is 1.07 bits per heavy atom. The fraction of sp³-hybridized carbons (Fsp3) is 0.500. The predicted octanol–water partition coefficient (Wildman–Crippen LogP) is 4.82. The molecule has 0 heterocycles. The van der Waals surface area contributed by atoms with E-state index < -0.39 is 0 Å². The van der Waals surface area contributed by atoms with Gasteiger partial charge in [-0.2, -0.15) is 0 Å². The molecule has 0 aliphatic rings. The lowest BCUT2D eigenvalue weighted by atomic mass is 9.91. The van der Waals surface area contributed by atoms with Gasteiger partial charge < -0.3 is 0 Å². The molecule has 0 radical (unpaired) electrons. The minimum atomic E-state index is 0.205. The van der Waals surface area contributed by atoms with Crippen LogP contribution in [0, 0.1) is 5.92 Å². The number of halogens is 2. The highest BCUT2D eigenvalue weighted by Crippen LogP contribution is 2.29. The normalized spacial score (nSPS) is 15.6. The van der Waals surface area contributed by atoms with E-state index in [4.69, 9.17) is 11.6 Å². The number of alkyl halides is 1. The Labute approximate surface area is 99.8 Å². The van der Waals surface area contributed by atoms with E-state index in [9.17, 15) is 0 Å². The summed E-state index contributed by atoms with van der Waals surface area (Å²) in [6.45, 7) is 6.50. The second-order valence-corrected chi connectivity index (χ2v) is 5.45. The Morgan fingerprint density at radius 2 is 1.57 bits per heavy atom. The molecule has 0 saturated heterocycles. The van der Waals surface area contributed by atoms with Crippen LogP contribution < -0.4 is 0 Å². The molecule has 0 aliphatic heterocycles. The maximum atomic E-state index is 6.33. The lowest BCUT2D eigenvalue weighted by molar-refractivity contribution is 0.533. The fourth-order valence-electron chi connectivity index (χ4n) is 1.53. The van der Waals surface area contributed by atoms with Crippen LogP contribution in [0.1, 0.15) is 32.3 Å². The molecule has 0 saturated carbocycles. The van der Waals surface area contributed by atoms with Gasteiger partial charge in [-0.05, 0) is 29.5 Å². The molecule has 1 rings (SSSR count). The zero-order valence-corrected chi connectivity index (χ0v) is 11.1. The first-order valence-corrected chi connectivity index (χ1v) is 6.15. The average Bonchev–Trinajstić information content (AvgIpc) is 2.16. The standard InChI is InChI=1S/C12H16BrCl/c1-8(2)12(14)9(3)10-4-6-11(13)7-5-10/h4-9,12H,1-3H3. The molecule has 0 aromatic heterocycles. The summed E-state index contributed by atoms with van der Waals surface area (Å²) < 4.78 is 1.11. The molecule has 1 aromatic rings. The predicted molar refractivity (Wildman–Crippen MR) is 67.0 cm³/mol. The van der Waals surface area contributed by atoms with E-state index in [1.165, 1.54) is 5.56 Å². The SMILES string of the molecule is CC(C)C(Cl)C(C)c1ccc(Br)cc1. The molecule has 0 N–H and O–H groups in total. The highest BCUT2D eigenvalue weighted by atomic mass is 79.9. The Hall–Kier alpha value is -0.0100. The lowest BCUT2D eigenvalue weighted by Crippen LogP contribution is -2.16. The van der Waals surface area contributed by atoms with E-state index >= 15 is 0 Å². The number of benzene rings is 1. The van der Waals surface area contributed by atoms with Gasteiger partial charge in [0.2, 0.25) is 0 Å². The molecule has 14 heavy (non-hydrogen) atoms. The van der Waals surface area contributed by atoms with Gasteiger partial charge >= 0.3 is 0 Å². The van der Waals surface area contributed by atoms with Crippen molar-refractivity contribution in [3.8, 4) is 0 Å². The maximum absolute atomic E-state index is 6.33. The maximum Gasteiger partial charge on any atom is 0.0424 e. The number of hydrogen-bond donors (Lipinski definition) is 0. The third-order valence-corrected chi connectivity index (χ3v) is 3.92. The molecular formula is C12H16BrCl. The van der Waals surface area contributed by atoms with Crippen LogP contribution in [0.15, 0.2) is 28.7 Å². The van der Waals surface area contributed by atoms with Crippen LogP contribution in [0.3, 0.4) is 0 Å². The molecule has 78 valence electrons. The van der Waals surface area contributed by atoms with Crippen LogP contribution in [0.4, 0.5) is 0 Å². The first-order valence-electron chi connectivity index (χ1n) is 4.92. The van der Waals surface area contributed by atoms with Crippen molar-refractivity contribution in [2.24, 2.45) is 5.92 Å². The van der Waals surface area contributed by atoms with Crippen molar-refractivity contribution in [2.75, 3.05) is 0 Å². The van der Waals surface area contributed by atoms with Gasteiger partial charge in [-0.25, -0.2) is 0 Å². The second kappa shape index (κ2) is 5.18. The molecule has 0 aliphatic carbocycles. The molecule has 0 fully saturated rings. The van der Waals surface area contributed by atoms with Gasteiger partial charge in [0.15, 0.2) is 0 Å². The van der Waals surface area contributed by atoms with Crippen LogP contribution in [-0.2, 0) is 0 Å². The summed E-state index contributed by atoms with van der Waals surface area (Å²) in [4.78, 5) is 0. The van der Waals surface area contributed by atoms with E-state index in [0.717, 1.165) is 4.47 Å². The smallest absolute Gasteiger partial charge is 0.0424 e. The van der Waals surface area contributed by atoms with Gasteiger partial charge in [-0.15, -0.1) is 11.6 Å². The third-order valence-electron chi connectivity index (χ3n) is 2.51. The van der Waals surface area contributed by atoms with Crippen molar-refractivity contribution in [1.82, 2.24) is 0 Å². The number of hydrogen-bond acceptors (Lipinski definition) is 0. The molecule has 0 amide bonds. The zero-order valence-electron chi connectivity index (χ0n) is 8.80. The number of rotatable bonds is 3. The molecule has 0 bridgehead atoms. The Bertz CT molecular complexity index is 279. The molecule has 0 spiro atoms. The highest BCUT2D eigenvalue weighted by molar-refractivity contribution is 9.10. The molecule has 2 atom stereocenters. The monoisotopic (exact) mass is 274 g/mol. The largest absolute Gasteiger partial charge is 0.122 e. The van der Waals surface area contributed by atoms with Gasteiger partial charge in [0.1, 0.15) is 0 Å². The summed E-state index contributed by atoms with van der Waals surface area (Å²) in [7, 11) is 0. The molecule has 2 heteroatoms. The molecular weight excluding hydrogens is 259 g/mol. The van der Waals surface area contributed by atoms with Crippen molar-refractivity contribution in [3.63, 3.8) is 0 Å². The van der Waals surface area contributed by atoms with Crippen LogP contribution >= 0.6 is 27.5 Å². The van der Waals surface area contributed by atoms with Crippen LogP contribution in [0.25, 0.3) is 0 Å². The van der Waals surface area contributed by atoms with E-state index in [1.807, 2.05) is 0 Å². The highest BCUT2D eigenvalue weighted by Gasteiger charge is 2.19. The summed E-state index contributed by atoms with van der Waals surface area (Å²) in [5.74, 6) is 0.917. The molecule has 2 unspecified atom stereocenters. The minimum Gasteiger partial charge on any atom is -0.122 e. The fourth-order valence-corrected chi connectivity index (χ4v) is 1.94. The van der Waals surface area contributed by atoms with Crippen LogP contribution in [-0.4, -0.2) is 5.38 Å². The first kappa shape index (κ1) is 12.1. The lowest BCUT2D eigenvalue weighted by Gasteiger charge is -2.21. The summed E-state index contributed by atoms with van der Waals surface area (Å²) >= 11 is 9.76. The van der Waals surface area contributed by atoms with Crippen LogP contribution in [0.5, 0.6) is 0 Å². The zero-order chi connectivity index (χ0) is 10.7. The molecule has 0 nitrogen and oxygen atoms in total. The van der Waals surface area contributed by atoms with Crippen LogP contribution in [0.2, 0.25) is 0 Å².